The van der Waals surface area contributed by atoms with Crippen LogP contribution in [0.5, 0.6) is 11.5 Å². The number of para-hydroxylation sites is 1. The maximum absolute atomic E-state index is 12.9. The first-order valence-corrected chi connectivity index (χ1v) is 12.6. The Morgan fingerprint density at radius 2 is 1.83 bits per heavy atom. The number of carbonyl (C=O) groups is 2. The molecule has 0 saturated carbocycles. The third-order valence-corrected chi connectivity index (χ3v) is 6.98. The number of thioether (sulfide) groups is 1. The molecule has 0 aliphatic carbocycles. The molecule has 35 heavy (non-hydrogen) atoms. The molecule has 0 bridgehead atoms. The fraction of sp³-hybridized carbons (Fsp3) is 0.360. The van der Waals surface area contributed by atoms with E-state index >= 15 is 0 Å². The van der Waals surface area contributed by atoms with E-state index in [2.05, 4.69) is 10.2 Å². The summed E-state index contributed by atoms with van der Waals surface area (Å²) in [5, 5.41) is 9.48. The number of hydrogen-bond acceptors (Lipinski definition) is 8. The van der Waals surface area contributed by atoms with Crippen LogP contribution in [0.25, 0.3) is 17.1 Å². The topological polar surface area (TPSA) is 95.8 Å². The van der Waals surface area contributed by atoms with Crippen LogP contribution in [0.15, 0.2) is 53.7 Å². The predicted octanol–water partition coefficient (Wildman–Crippen LogP) is 3.56. The van der Waals surface area contributed by atoms with Gasteiger partial charge >= 0.3 is 5.97 Å². The zero-order valence-electron chi connectivity index (χ0n) is 19.4. The average Bonchev–Trinajstić information content (AvgIpc) is 3.54. The summed E-state index contributed by atoms with van der Waals surface area (Å²) in [6.07, 6.45) is 1.26. The van der Waals surface area contributed by atoms with Crippen molar-refractivity contribution in [3.05, 3.63) is 48.5 Å². The van der Waals surface area contributed by atoms with Crippen LogP contribution in [0, 0.1) is 5.92 Å². The molecule has 3 aromatic rings. The van der Waals surface area contributed by atoms with Gasteiger partial charge in [-0.2, -0.15) is 0 Å². The van der Waals surface area contributed by atoms with Gasteiger partial charge in [0.2, 0.25) is 12.7 Å². The first kappa shape index (κ1) is 23.2. The van der Waals surface area contributed by atoms with Crippen molar-refractivity contribution in [2.45, 2.75) is 24.9 Å². The summed E-state index contributed by atoms with van der Waals surface area (Å²) in [6, 6.07) is 15.5. The molecule has 0 spiro atoms. The van der Waals surface area contributed by atoms with Crippen LogP contribution in [0.1, 0.15) is 19.8 Å². The second-order valence-electron chi connectivity index (χ2n) is 8.24. The highest BCUT2D eigenvalue weighted by molar-refractivity contribution is 7.99. The molecule has 2 aliphatic heterocycles. The fourth-order valence-electron chi connectivity index (χ4n) is 4.24. The van der Waals surface area contributed by atoms with Crippen molar-refractivity contribution < 1.29 is 23.8 Å². The highest BCUT2D eigenvalue weighted by Gasteiger charge is 2.28. The Balaban J connectivity index is 1.31. The van der Waals surface area contributed by atoms with Crippen LogP contribution >= 0.6 is 11.8 Å². The van der Waals surface area contributed by atoms with E-state index in [1.54, 1.807) is 6.92 Å². The Morgan fingerprint density at radius 3 is 2.60 bits per heavy atom. The summed E-state index contributed by atoms with van der Waals surface area (Å²) in [4.78, 5) is 26.7. The van der Waals surface area contributed by atoms with E-state index in [0.29, 0.717) is 55.0 Å². The number of nitrogens with zero attached hydrogens (tertiary/aromatic N) is 4. The minimum atomic E-state index is -0.166. The zero-order chi connectivity index (χ0) is 24.2. The SMILES string of the molecule is CCOC(=O)C1CCN(C(=O)CSc2nnc(-c3ccc4c(c3)OCO4)n2-c2ccccc2)CC1. The molecule has 1 saturated heterocycles. The molecule has 3 heterocycles. The lowest BCUT2D eigenvalue weighted by molar-refractivity contribution is -0.151. The molecule has 5 rings (SSSR count). The summed E-state index contributed by atoms with van der Waals surface area (Å²) in [7, 11) is 0. The van der Waals surface area contributed by atoms with Gasteiger partial charge in [-0.3, -0.25) is 14.2 Å². The van der Waals surface area contributed by atoms with Crippen LogP contribution < -0.4 is 9.47 Å². The average molecular weight is 495 g/mol. The van der Waals surface area contributed by atoms with Crippen molar-refractivity contribution in [2.24, 2.45) is 5.92 Å². The summed E-state index contributed by atoms with van der Waals surface area (Å²) >= 11 is 1.35. The van der Waals surface area contributed by atoms with Crippen molar-refractivity contribution in [1.29, 1.82) is 0 Å². The lowest BCUT2D eigenvalue weighted by atomic mass is 9.97. The maximum Gasteiger partial charge on any atom is 0.309 e. The van der Waals surface area contributed by atoms with Gasteiger partial charge in [-0.05, 0) is 50.1 Å². The molecule has 1 fully saturated rings. The van der Waals surface area contributed by atoms with Crippen LogP contribution in [-0.2, 0) is 14.3 Å². The van der Waals surface area contributed by atoms with E-state index < -0.39 is 0 Å². The Bertz CT molecular complexity index is 1210. The molecule has 182 valence electrons. The van der Waals surface area contributed by atoms with Crippen LogP contribution in [0.2, 0.25) is 0 Å². The molecular weight excluding hydrogens is 468 g/mol. The molecule has 0 atom stereocenters. The fourth-order valence-corrected chi connectivity index (χ4v) is 5.09. The molecule has 0 radical (unpaired) electrons. The van der Waals surface area contributed by atoms with Crippen molar-refractivity contribution in [3.63, 3.8) is 0 Å². The van der Waals surface area contributed by atoms with E-state index in [9.17, 15) is 9.59 Å². The first-order valence-electron chi connectivity index (χ1n) is 11.6. The number of likely N-dealkylation sites (tertiary alicyclic amines) is 1. The molecular formula is C25H26N4O5S. The Morgan fingerprint density at radius 1 is 1.06 bits per heavy atom. The van der Waals surface area contributed by atoms with E-state index in [4.69, 9.17) is 14.2 Å². The number of aromatic nitrogens is 3. The lowest BCUT2D eigenvalue weighted by Crippen LogP contribution is -2.41. The number of fused-ring (bicyclic) bond motifs is 1. The zero-order valence-corrected chi connectivity index (χ0v) is 20.2. The van der Waals surface area contributed by atoms with E-state index in [0.717, 1.165) is 11.3 Å². The quantitative estimate of drug-likeness (QED) is 0.364. The highest BCUT2D eigenvalue weighted by atomic mass is 32.2. The number of carbonyl (C=O) groups excluding carboxylic acids is 2. The third kappa shape index (κ3) is 4.97. The molecule has 2 aromatic carbocycles. The largest absolute Gasteiger partial charge is 0.466 e. The Kier molecular flexibility index (Phi) is 6.89. The number of hydrogen-bond donors (Lipinski definition) is 0. The number of esters is 1. The number of rotatable bonds is 7. The first-order chi connectivity index (χ1) is 17.1. The van der Waals surface area contributed by atoms with Gasteiger partial charge in [0, 0.05) is 24.3 Å². The smallest absolute Gasteiger partial charge is 0.309 e. The maximum atomic E-state index is 12.9. The standard InChI is InChI=1S/C25H26N4O5S/c1-2-32-24(31)17-10-12-28(13-11-17)22(30)15-35-25-27-26-23(29(25)19-6-4-3-5-7-19)18-8-9-20-21(14-18)34-16-33-20/h3-9,14,17H,2,10-13,15-16H2,1H3. The van der Waals surface area contributed by atoms with Gasteiger partial charge in [0.05, 0.1) is 18.3 Å². The number of benzene rings is 2. The number of amides is 1. The van der Waals surface area contributed by atoms with Gasteiger partial charge < -0.3 is 19.1 Å². The summed E-state index contributed by atoms with van der Waals surface area (Å²) in [5.74, 6) is 1.98. The Labute approximate surface area is 207 Å². The molecule has 10 heteroatoms. The van der Waals surface area contributed by atoms with Gasteiger partial charge in [-0.15, -0.1) is 10.2 Å². The summed E-state index contributed by atoms with van der Waals surface area (Å²) in [5.41, 5.74) is 1.74. The molecule has 0 N–H and O–H groups in total. The second-order valence-corrected chi connectivity index (χ2v) is 9.18. The predicted molar refractivity (Wildman–Crippen MR) is 130 cm³/mol. The normalized spacial score (nSPS) is 15.3. The monoisotopic (exact) mass is 494 g/mol. The van der Waals surface area contributed by atoms with Gasteiger partial charge in [0.1, 0.15) is 0 Å². The van der Waals surface area contributed by atoms with Crippen LogP contribution in [0.3, 0.4) is 0 Å². The van der Waals surface area contributed by atoms with Crippen molar-refractivity contribution >= 4 is 23.6 Å². The van der Waals surface area contributed by atoms with Gasteiger partial charge in [-0.1, -0.05) is 30.0 Å². The van der Waals surface area contributed by atoms with E-state index in [1.165, 1.54) is 11.8 Å². The van der Waals surface area contributed by atoms with Gasteiger partial charge in [0.15, 0.2) is 22.5 Å². The highest BCUT2D eigenvalue weighted by Crippen LogP contribution is 2.37. The molecule has 0 unspecified atom stereocenters. The van der Waals surface area contributed by atoms with Crippen molar-refractivity contribution in [2.75, 3.05) is 32.2 Å². The van der Waals surface area contributed by atoms with Crippen LogP contribution in [-0.4, -0.2) is 63.8 Å². The molecule has 1 amide bonds. The minimum absolute atomic E-state index is 0.0181. The number of ether oxygens (including phenoxy) is 3. The van der Waals surface area contributed by atoms with E-state index in [1.807, 2.05) is 58.0 Å². The lowest BCUT2D eigenvalue weighted by Gasteiger charge is -2.30. The van der Waals surface area contributed by atoms with Crippen molar-refractivity contribution in [1.82, 2.24) is 19.7 Å². The van der Waals surface area contributed by atoms with Crippen LogP contribution in [0.4, 0.5) is 0 Å². The molecule has 9 nitrogen and oxygen atoms in total. The number of piperidine rings is 1. The van der Waals surface area contributed by atoms with Crippen molar-refractivity contribution in [3.8, 4) is 28.6 Å². The van der Waals surface area contributed by atoms with Gasteiger partial charge in [0.25, 0.3) is 0 Å². The minimum Gasteiger partial charge on any atom is -0.466 e. The molecule has 2 aliphatic rings. The second kappa shape index (κ2) is 10.4. The summed E-state index contributed by atoms with van der Waals surface area (Å²) in [6.45, 7) is 3.49. The Hall–Kier alpha value is -3.53. The third-order valence-electron chi connectivity index (χ3n) is 6.07. The van der Waals surface area contributed by atoms with E-state index in [-0.39, 0.29) is 30.3 Å². The molecule has 1 aromatic heterocycles. The summed E-state index contributed by atoms with van der Waals surface area (Å²) < 4.78 is 18.0. The van der Waals surface area contributed by atoms with Gasteiger partial charge in [-0.25, -0.2) is 0 Å².